The van der Waals surface area contributed by atoms with E-state index < -0.39 is 0 Å². The Bertz CT molecular complexity index is 798. The van der Waals surface area contributed by atoms with Crippen LogP contribution in [-0.4, -0.2) is 35.5 Å². The van der Waals surface area contributed by atoms with Crippen molar-refractivity contribution in [2.75, 3.05) is 20.6 Å². The standard InChI is InChI=1S/C20H23BrN4/c1-25(2)14-19(15-7-4-3-5-8-15)22-13-20-23-12-18(24-20)16-9-6-10-17(21)11-16/h3-12,19,22H,13-14H2,1-2H3,(H,23,24). The van der Waals surface area contributed by atoms with E-state index in [-0.39, 0.29) is 6.04 Å². The highest BCUT2D eigenvalue weighted by atomic mass is 79.9. The van der Waals surface area contributed by atoms with Gasteiger partial charge in [-0.2, -0.15) is 0 Å². The molecule has 0 amide bonds. The van der Waals surface area contributed by atoms with Gasteiger partial charge >= 0.3 is 0 Å². The minimum Gasteiger partial charge on any atom is -0.341 e. The first-order valence-electron chi connectivity index (χ1n) is 8.34. The lowest BCUT2D eigenvalue weighted by Gasteiger charge is -2.22. The third kappa shape index (κ3) is 5.01. The summed E-state index contributed by atoms with van der Waals surface area (Å²) in [5, 5.41) is 3.62. The Morgan fingerprint density at radius 1 is 1.12 bits per heavy atom. The van der Waals surface area contributed by atoms with Crippen LogP contribution in [0.4, 0.5) is 0 Å². The van der Waals surface area contributed by atoms with Crippen molar-refractivity contribution in [3.63, 3.8) is 0 Å². The van der Waals surface area contributed by atoms with E-state index in [0.717, 1.165) is 28.1 Å². The zero-order valence-electron chi connectivity index (χ0n) is 14.5. The molecule has 1 atom stereocenters. The number of benzene rings is 2. The van der Waals surface area contributed by atoms with Crippen molar-refractivity contribution in [2.24, 2.45) is 0 Å². The molecule has 130 valence electrons. The van der Waals surface area contributed by atoms with Crippen LogP contribution in [0.25, 0.3) is 11.3 Å². The van der Waals surface area contributed by atoms with Crippen LogP contribution in [0.15, 0.2) is 65.3 Å². The first-order chi connectivity index (χ1) is 12.1. The summed E-state index contributed by atoms with van der Waals surface area (Å²) in [6.45, 7) is 1.63. The van der Waals surface area contributed by atoms with E-state index in [4.69, 9.17) is 0 Å². The number of aromatic amines is 1. The maximum Gasteiger partial charge on any atom is 0.120 e. The molecule has 0 aliphatic rings. The number of imidazole rings is 1. The molecule has 3 rings (SSSR count). The smallest absolute Gasteiger partial charge is 0.120 e. The number of hydrogen-bond acceptors (Lipinski definition) is 3. The van der Waals surface area contributed by atoms with Crippen molar-refractivity contribution >= 4 is 15.9 Å². The predicted octanol–water partition coefficient (Wildman–Crippen LogP) is 4.23. The molecule has 5 heteroatoms. The molecule has 0 saturated heterocycles. The molecule has 1 aromatic heterocycles. The minimum absolute atomic E-state index is 0.260. The number of nitrogens with one attached hydrogen (secondary N) is 2. The van der Waals surface area contributed by atoms with Crippen LogP contribution in [0.2, 0.25) is 0 Å². The van der Waals surface area contributed by atoms with Gasteiger partial charge in [0.15, 0.2) is 0 Å². The van der Waals surface area contributed by atoms with Crippen LogP contribution in [0.3, 0.4) is 0 Å². The van der Waals surface area contributed by atoms with E-state index in [1.807, 2.05) is 24.4 Å². The third-order valence-corrected chi connectivity index (χ3v) is 4.52. The molecule has 2 N–H and O–H groups in total. The molecular formula is C20H23BrN4. The van der Waals surface area contributed by atoms with Crippen molar-refractivity contribution in [3.8, 4) is 11.3 Å². The van der Waals surface area contributed by atoms with Gasteiger partial charge in [0, 0.05) is 22.6 Å². The molecule has 0 aliphatic heterocycles. The molecule has 0 radical (unpaired) electrons. The average Bonchev–Trinajstić information content (AvgIpc) is 3.08. The number of aromatic nitrogens is 2. The van der Waals surface area contributed by atoms with Crippen LogP contribution in [0, 0.1) is 0 Å². The highest BCUT2D eigenvalue weighted by Crippen LogP contribution is 2.21. The SMILES string of the molecule is CN(C)CC(NCc1ncc(-c2cccc(Br)c2)[nH]1)c1ccccc1. The van der Waals surface area contributed by atoms with E-state index in [0.29, 0.717) is 6.54 Å². The monoisotopic (exact) mass is 398 g/mol. The lowest BCUT2D eigenvalue weighted by Crippen LogP contribution is -2.31. The normalized spacial score (nSPS) is 12.5. The van der Waals surface area contributed by atoms with Gasteiger partial charge in [-0.1, -0.05) is 58.4 Å². The second-order valence-electron chi connectivity index (χ2n) is 6.36. The van der Waals surface area contributed by atoms with E-state index >= 15 is 0 Å². The zero-order valence-corrected chi connectivity index (χ0v) is 16.1. The summed E-state index contributed by atoms with van der Waals surface area (Å²) in [4.78, 5) is 10.1. The minimum atomic E-state index is 0.260. The van der Waals surface area contributed by atoms with Crippen LogP contribution < -0.4 is 5.32 Å². The van der Waals surface area contributed by atoms with Crippen molar-refractivity contribution in [1.29, 1.82) is 0 Å². The van der Waals surface area contributed by atoms with Gasteiger partial charge < -0.3 is 15.2 Å². The fourth-order valence-corrected chi connectivity index (χ4v) is 3.21. The number of nitrogens with zero attached hydrogens (tertiary/aromatic N) is 2. The molecule has 0 aliphatic carbocycles. The van der Waals surface area contributed by atoms with Gasteiger partial charge in [-0.25, -0.2) is 4.98 Å². The molecule has 0 spiro atoms. The van der Waals surface area contributed by atoms with Gasteiger partial charge in [-0.3, -0.25) is 0 Å². The molecule has 1 heterocycles. The predicted molar refractivity (Wildman–Crippen MR) is 106 cm³/mol. The Morgan fingerprint density at radius 2 is 1.92 bits per heavy atom. The van der Waals surface area contributed by atoms with E-state index in [1.54, 1.807) is 0 Å². The van der Waals surface area contributed by atoms with Crippen LogP contribution in [0.1, 0.15) is 17.4 Å². The van der Waals surface area contributed by atoms with Gasteiger partial charge in [0.05, 0.1) is 18.4 Å². The van der Waals surface area contributed by atoms with Gasteiger partial charge in [-0.15, -0.1) is 0 Å². The molecule has 4 nitrogen and oxygen atoms in total. The number of hydrogen-bond donors (Lipinski definition) is 2. The first kappa shape index (κ1) is 17.9. The Hall–Kier alpha value is -1.95. The van der Waals surface area contributed by atoms with Gasteiger partial charge in [0.1, 0.15) is 5.82 Å². The summed E-state index contributed by atoms with van der Waals surface area (Å²) in [5.41, 5.74) is 3.44. The quantitative estimate of drug-likeness (QED) is 0.625. The molecule has 0 bridgehead atoms. The van der Waals surface area contributed by atoms with Crippen molar-refractivity contribution in [1.82, 2.24) is 20.2 Å². The molecule has 2 aromatic carbocycles. The Kier molecular flexibility index (Phi) is 6.02. The molecule has 0 fully saturated rings. The van der Waals surface area contributed by atoms with Crippen molar-refractivity contribution in [2.45, 2.75) is 12.6 Å². The summed E-state index contributed by atoms with van der Waals surface area (Å²) >= 11 is 3.51. The van der Waals surface area contributed by atoms with Crippen LogP contribution >= 0.6 is 15.9 Å². The molecule has 1 unspecified atom stereocenters. The molecular weight excluding hydrogens is 376 g/mol. The number of H-pyrrole nitrogens is 1. The van der Waals surface area contributed by atoms with Crippen molar-refractivity contribution < 1.29 is 0 Å². The lowest BCUT2D eigenvalue weighted by molar-refractivity contribution is 0.339. The molecule has 25 heavy (non-hydrogen) atoms. The van der Waals surface area contributed by atoms with Crippen molar-refractivity contribution in [3.05, 3.63) is 76.7 Å². The number of rotatable bonds is 7. The fraction of sp³-hybridized carbons (Fsp3) is 0.250. The Labute approximate surface area is 157 Å². The van der Waals surface area contributed by atoms with E-state index in [1.165, 1.54) is 5.56 Å². The summed E-state index contributed by atoms with van der Waals surface area (Å²) in [6.07, 6.45) is 1.89. The van der Waals surface area contributed by atoms with Gasteiger partial charge in [0.2, 0.25) is 0 Å². The van der Waals surface area contributed by atoms with E-state index in [9.17, 15) is 0 Å². The zero-order chi connectivity index (χ0) is 17.6. The average molecular weight is 399 g/mol. The topological polar surface area (TPSA) is 44.0 Å². The highest BCUT2D eigenvalue weighted by Gasteiger charge is 2.13. The summed E-state index contributed by atoms with van der Waals surface area (Å²) in [5.74, 6) is 0.940. The second-order valence-corrected chi connectivity index (χ2v) is 7.28. The second kappa shape index (κ2) is 8.43. The maximum absolute atomic E-state index is 4.52. The maximum atomic E-state index is 4.52. The summed E-state index contributed by atoms with van der Waals surface area (Å²) < 4.78 is 1.06. The van der Waals surface area contributed by atoms with Crippen LogP contribution in [0.5, 0.6) is 0 Å². The summed E-state index contributed by atoms with van der Waals surface area (Å²) in [7, 11) is 4.19. The van der Waals surface area contributed by atoms with Crippen LogP contribution in [-0.2, 0) is 6.54 Å². The summed E-state index contributed by atoms with van der Waals surface area (Å²) in [6, 6.07) is 19.0. The first-order valence-corrected chi connectivity index (χ1v) is 9.14. The Balaban J connectivity index is 1.69. The fourth-order valence-electron chi connectivity index (χ4n) is 2.81. The lowest BCUT2D eigenvalue weighted by atomic mass is 10.1. The number of halogens is 1. The Morgan fingerprint density at radius 3 is 2.64 bits per heavy atom. The van der Waals surface area contributed by atoms with Gasteiger partial charge in [-0.05, 0) is 31.8 Å². The third-order valence-electron chi connectivity index (χ3n) is 4.03. The number of likely N-dealkylation sites (N-methyl/N-ethyl adjacent to an activating group) is 1. The van der Waals surface area contributed by atoms with E-state index in [2.05, 4.69) is 86.6 Å². The van der Waals surface area contributed by atoms with Gasteiger partial charge in [0.25, 0.3) is 0 Å². The largest absolute Gasteiger partial charge is 0.341 e. The molecule has 3 aromatic rings. The molecule has 0 saturated carbocycles. The highest BCUT2D eigenvalue weighted by molar-refractivity contribution is 9.10.